The fourth-order valence-electron chi connectivity index (χ4n) is 4.01. The summed E-state index contributed by atoms with van der Waals surface area (Å²) >= 11 is 0. The third kappa shape index (κ3) is 5.49. The largest absolute Gasteiger partial charge is 0.493 e. The molecule has 10 heteroatoms. The number of methoxy groups -OCH3 is 6. The number of benzene rings is 3. The summed E-state index contributed by atoms with van der Waals surface area (Å²) in [6.07, 6.45) is 1.63. The lowest BCUT2D eigenvalue weighted by Gasteiger charge is -2.14. The van der Waals surface area contributed by atoms with E-state index in [0.717, 1.165) is 5.39 Å². The van der Waals surface area contributed by atoms with Crippen molar-refractivity contribution >= 4 is 22.5 Å². The van der Waals surface area contributed by atoms with E-state index in [4.69, 9.17) is 33.3 Å². The summed E-state index contributed by atoms with van der Waals surface area (Å²) in [5.74, 6) is 2.22. The molecule has 0 amide bonds. The highest BCUT2D eigenvalue weighted by Gasteiger charge is 2.20. The second-order valence-corrected chi connectivity index (χ2v) is 8.05. The molecule has 0 aliphatic heterocycles. The molecule has 202 valence electrons. The van der Waals surface area contributed by atoms with Crippen molar-refractivity contribution in [2.24, 2.45) is 5.16 Å². The topological polar surface area (TPSA) is 107 Å². The van der Waals surface area contributed by atoms with E-state index >= 15 is 0 Å². The van der Waals surface area contributed by atoms with Crippen LogP contribution in [0.3, 0.4) is 0 Å². The normalized spacial score (nSPS) is 11.1. The molecule has 0 aliphatic rings. The van der Waals surface area contributed by atoms with Crippen molar-refractivity contribution in [3.63, 3.8) is 0 Å². The highest BCUT2D eigenvalue weighted by molar-refractivity contribution is 6.18. The van der Waals surface area contributed by atoms with Gasteiger partial charge in [-0.1, -0.05) is 5.16 Å². The minimum Gasteiger partial charge on any atom is -0.493 e. The van der Waals surface area contributed by atoms with Crippen LogP contribution in [0.1, 0.15) is 21.6 Å². The molecule has 0 bridgehead atoms. The summed E-state index contributed by atoms with van der Waals surface area (Å²) in [4.78, 5) is 23.0. The first-order valence-electron chi connectivity index (χ1n) is 11.7. The highest BCUT2D eigenvalue weighted by Crippen LogP contribution is 2.35. The predicted octanol–water partition coefficient (Wildman–Crippen LogP) is 4.90. The van der Waals surface area contributed by atoms with Crippen LogP contribution in [-0.2, 0) is 4.84 Å². The molecule has 0 spiro atoms. The Bertz CT molecular complexity index is 1530. The molecule has 0 fully saturated rings. The lowest BCUT2D eigenvalue weighted by Crippen LogP contribution is -2.11. The fourth-order valence-corrected chi connectivity index (χ4v) is 4.01. The second-order valence-electron chi connectivity index (χ2n) is 8.05. The molecule has 0 N–H and O–H groups in total. The first-order chi connectivity index (χ1) is 19.0. The van der Waals surface area contributed by atoms with Crippen LogP contribution in [0.15, 0.2) is 65.9 Å². The van der Waals surface area contributed by atoms with E-state index in [1.165, 1.54) is 27.4 Å². The molecule has 4 rings (SSSR count). The molecule has 3 aromatic carbocycles. The molecule has 0 atom stereocenters. The second kappa shape index (κ2) is 12.0. The monoisotopic (exact) mass is 532 g/mol. The van der Waals surface area contributed by atoms with Crippen LogP contribution in [0.5, 0.6) is 34.5 Å². The minimum atomic E-state index is -0.701. The number of fused-ring (bicyclic) bond motifs is 1. The number of rotatable bonds is 10. The van der Waals surface area contributed by atoms with Crippen molar-refractivity contribution in [2.45, 2.75) is 0 Å². The van der Waals surface area contributed by atoms with Gasteiger partial charge in [-0.05, 0) is 60.0 Å². The van der Waals surface area contributed by atoms with E-state index in [-0.39, 0.29) is 11.3 Å². The van der Waals surface area contributed by atoms with Crippen LogP contribution in [0.25, 0.3) is 10.8 Å². The Kier molecular flexibility index (Phi) is 8.35. The first-order valence-corrected chi connectivity index (χ1v) is 11.7. The third-order valence-electron chi connectivity index (χ3n) is 5.99. The summed E-state index contributed by atoms with van der Waals surface area (Å²) in [6, 6.07) is 15.4. The number of aromatic nitrogens is 1. The van der Waals surface area contributed by atoms with Gasteiger partial charge in [0.15, 0.2) is 34.5 Å². The zero-order chi connectivity index (χ0) is 27.9. The Morgan fingerprint density at radius 3 is 1.72 bits per heavy atom. The van der Waals surface area contributed by atoms with Crippen molar-refractivity contribution in [3.05, 3.63) is 77.6 Å². The maximum atomic E-state index is 13.0. The number of hydrogen-bond donors (Lipinski definition) is 0. The van der Waals surface area contributed by atoms with Gasteiger partial charge in [0.1, 0.15) is 11.4 Å². The van der Waals surface area contributed by atoms with Gasteiger partial charge >= 0.3 is 5.97 Å². The van der Waals surface area contributed by atoms with Gasteiger partial charge in [0.25, 0.3) is 0 Å². The Balaban J connectivity index is 1.86. The van der Waals surface area contributed by atoms with Crippen molar-refractivity contribution in [1.29, 1.82) is 0 Å². The van der Waals surface area contributed by atoms with Crippen LogP contribution >= 0.6 is 0 Å². The summed E-state index contributed by atoms with van der Waals surface area (Å²) in [5.41, 5.74) is 1.52. The van der Waals surface area contributed by atoms with Gasteiger partial charge in [-0.15, -0.1) is 0 Å². The molecule has 0 aliphatic carbocycles. The van der Waals surface area contributed by atoms with Crippen molar-refractivity contribution in [3.8, 4) is 34.5 Å². The Hall–Kier alpha value is -4.99. The smallest absolute Gasteiger partial charge is 0.365 e. The molecule has 4 aromatic rings. The Labute approximate surface area is 225 Å². The predicted molar refractivity (Wildman–Crippen MR) is 145 cm³/mol. The van der Waals surface area contributed by atoms with Gasteiger partial charge < -0.3 is 33.3 Å². The maximum absolute atomic E-state index is 13.0. The third-order valence-corrected chi connectivity index (χ3v) is 5.99. The zero-order valence-corrected chi connectivity index (χ0v) is 22.4. The van der Waals surface area contributed by atoms with Gasteiger partial charge in [-0.2, -0.15) is 0 Å². The number of carbonyl (C=O) groups excluding carboxylic acids is 1. The van der Waals surface area contributed by atoms with E-state index in [0.29, 0.717) is 51.1 Å². The number of oxime groups is 1. The quantitative estimate of drug-likeness (QED) is 0.160. The number of pyridine rings is 1. The average Bonchev–Trinajstić information content (AvgIpc) is 2.99. The van der Waals surface area contributed by atoms with Crippen molar-refractivity contribution in [1.82, 2.24) is 4.98 Å². The summed E-state index contributed by atoms with van der Waals surface area (Å²) in [5, 5.41) is 5.80. The van der Waals surface area contributed by atoms with Crippen LogP contribution in [0, 0.1) is 0 Å². The summed E-state index contributed by atoms with van der Waals surface area (Å²) in [6.45, 7) is 0. The molecule has 0 saturated carbocycles. The Morgan fingerprint density at radius 2 is 1.13 bits per heavy atom. The summed E-state index contributed by atoms with van der Waals surface area (Å²) in [7, 11) is 9.18. The minimum absolute atomic E-state index is 0.223. The van der Waals surface area contributed by atoms with Crippen molar-refractivity contribution in [2.75, 3.05) is 42.7 Å². The molecule has 39 heavy (non-hydrogen) atoms. The van der Waals surface area contributed by atoms with Gasteiger partial charge in [0, 0.05) is 17.1 Å². The van der Waals surface area contributed by atoms with Crippen molar-refractivity contribution < 1.29 is 38.1 Å². The lowest BCUT2D eigenvalue weighted by molar-refractivity contribution is 0.0516. The number of nitrogens with zero attached hydrogens (tertiary/aromatic N) is 2. The van der Waals surface area contributed by atoms with Gasteiger partial charge in [0.2, 0.25) is 0 Å². The molecule has 0 saturated heterocycles. The van der Waals surface area contributed by atoms with E-state index in [1.807, 2.05) is 12.1 Å². The molecule has 0 unspecified atom stereocenters. The molecule has 1 heterocycles. The SMILES string of the molecule is COc1ccc(C(=O)ON=C(c2ccc(OC)c(OC)c2)c2nccc3cc(OC)c(OC)cc23)cc1OC. The Morgan fingerprint density at radius 1 is 0.615 bits per heavy atom. The van der Waals surface area contributed by atoms with Gasteiger partial charge in [0.05, 0.1) is 48.2 Å². The van der Waals surface area contributed by atoms with E-state index < -0.39 is 5.97 Å². The van der Waals surface area contributed by atoms with Crippen LogP contribution in [0.4, 0.5) is 0 Å². The maximum Gasteiger partial charge on any atom is 0.365 e. The average molecular weight is 533 g/mol. The number of ether oxygens (including phenoxy) is 6. The molecular formula is C29H28N2O8. The van der Waals surface area contributed by atoms with Crippen LogP contribution in [-0.4, -0.2) is 59.3 Å². The van der Waals surface area contributed by atoms with E-state index in [2.05, 4.69) is 10.1 Å². The van der Waals surface area contributed by atoms with E-state index in [9.17, 15) is 4.79 Å². The lowest BCUT2D eigenvalue weighted by atomic mass is 10.0. The number of carbonyl (C=O) groups is 1. The summed E-state index contributed by atoms with van der Waals surface area (Å²) < 4.78 is 32.4. The fraction of sp³-hybridized carbons (Fsp3) is 0.207. The zero-order valence-electron chi connectivity index (χ0n) is 22.4. The molecule has 1 aromatic heterocycles. The highest BCUT2D eigenvalue weighted by atomic mass is 16.7. The standard InChI is InChI=1S/C29H28N2O8/c1-33-21-9-7-18(14-23(21)35-3)27(31-39-29(32)19-8-10-22(34-2)24(15-19)36-4)28-20-16-26(38-6)25(37-5)13-17(20)11-12-30-28/h7-16H,1-6H3. The van der Waals surface area contributed by atoms with Gasteiger partial charge in [-0.25, -0.2) is 4.79 Å². The van der Waals surface area contributed by atoms with Crippen LogP contribution in [0.2, 0.25) is 0 Å². The van der Waals surface area contributed by atoms with Crippen LogP contribution < -0.4 is 28.4 Å². The first kappa shape index (κ1) is 27.1. The van der Waals surface area contributed by atoms with Gasteiger partial charge in [-0.3, -0.25) is 4.98 Å². The number of hydrogen-bond acceptors (Lipinski definition) is 10. The van der Waals surface area contributed by atoms with E-state index in [1.54, 1.807) is 63.9 Å². The molecule has 10 nitrogen and oxygen atoms in total. The molecule has 0 radical (unpaired) electrons. The molecular weight excluding hydrogens is 504 g/mol.